The number of carbonyl (C=O) groups excluding carboxylic acids is 1. The number of aromatic nitrogens is 2. The van der Waals surface area contributed by atoms with Crippen LogP contribution in [-0.2, 0) is 0 Å². The van der Waals surface area contributed by atoms with Crippen LogP contribution in [0.5, 0.6) is 5.88 Å². The van der Waals surface area contributed by atoms with Gasteiger partial charge in [-0.2, -0.15) is 14.5 Å². The number of rotatable bonds is 3. The Morgan fingerprint density at radius 1 is 1.15 bits per heavy atom. The normalized spacial score (nSPS) is 19.3. The van der Waals surface area contributed by atoms with E-state index in [1.807, 2.05) is 0 Å². The van der Waals surface area contributed by atoms with E-state index in [1.165, 1.54) is 34.6 Å². The lowest BCUT2D eigenvalue weighted by Crippen LogP contribution is -2.59. The van der Waals surface area contributed by atoms with Gasteiger partial charge in [0.15, 0.2) is 0 Å². The molecule has 2 aliphatic heterocycles. The molecule has 0 unspecified atom stereocenters. The minimum absolute atomic E-state index is 0.172. The third kappa shape index (κ3) is 3.42. The third-order valence-corrected chi connectivity index (χ3v) is 4.33. The first-order valence-electron chi connectivity index (χ1n) is 8.20. The molecule has 0 radical (unpaired) electrons. The fraction of sp³-hybridized carbons (Fsp3) is 0.294. The molecular formula is C17H14F3N5O2. The second-order valence-electron chi connectivity index (χ2n) is 6.20. The molecule has 0 saturated carbocycles. The van der Waals surface area contributed by atoms with Crippen molar-refractivity contribution < 1.29 is 22.7 Å². The van der Waals surface area contributed by atoms with Crippen LogP contribution in [-0.4, -0.2) is 51.3 Å². The summed E-state index contributed by atoms with van der Waals surface area (Å²) in [5.41, 5.74) is 0.328. The highest BCUT2D eigenvalue weighted by molar-refractivity contribution is 5.79. The van der Waals surface area contributed by atoms with Crippen LogP contribution in [0.15, 0.2) is 35.8 Å². The van der Waals surface area contributed by atoms with E-state index in [2.05, 4.69) is 15.1 Å². The average Bonchev–Trinajstić information content (AvgIpc) is 3.07. The van der Waals surface area contributed by atoms with Crippen molar-refractivity contribution in [3.05, 3.63) is 53.7 Å². The Morgan fingerprint density at radius 2 is 1.89 bits per heavy atom. The first-order valence-corrected chi connectivity index (χ1v) is 8.20. The van der Waals surface area contributed by atoms with Gasteiger partial charge < -0.3 is 9.64 Å². The highest BCUT2D eigenvalue weighted by atomic mass is 19.1. The Labute approximate surface area is 152 Å². The Balaban J connectivity index is 1.40. The Hall–Kier alpha value is -3.17. The Kier molecular flexibility index (Phi) is 4.38. The van der Waals surface area contributed by atoms with Crippen LogP contribution in [0, 0.1) is 17.5 Å². The van der Waals surface area contributed by atoms with E-state index in [-0.39, 0.29) is 19.0 Å². The Morgan fingerprint density at radius 3 is 2.59 bits per heavy atom. The van der Waals surface area contributed by atoms with Crippen molar-refractivity contribution in [2.75, 3.05) is 13.1 Å². The van der Waals surface area contributed by atoms with E-state index in [1.54, 1.807) is 0 Å². The van der Waals surface area contributed by atoms with Crippen molar-refractivity contribution in [2.24, 2.45) is 5.10 Å². The number of urea groups is 1. The molecule has 0 N–H and O–H groups in total. The first kappa shape index (κ1) is 17.3. The van der Waals surface area contributed by atoms with Gasteiger partial charge in [0.25, 0.3) is 5.88 Å². The lowest BCUT2D eigenvalue weighted by Gasteiger charge is -2.40. The van der Waals surface area contributed by atoms with Crippen LogP contribution >= 0.6 is 0 Å². The van der Waals surface area contributed by atoms with Gasteiger partial charge in [-0.15, -0.1) is 0 Å². The number of ether oxygens (including phenoxy) is 1. The predicted octanol–water partition coefficient (Wildman–Crippen LogP) is 2.51. The lowest BCUT2D eigenvalue weighted by molar-refractivity contribution is 0.0229. The van der Waals surface area contributed by atoms with E-state index in [0.717, 1.165) is 12.3 Å². The topological polar surface area (TPSA) is 70.9 Å². The van der Waals surface area contributed by atoms with E-state index >= 15 is 0 Å². The summed E-state index contributed by atoms with van der Waals surface area (Å²) in [7, 11) is 0. The number of hydrogen-bond donors (Lipinski definition) is 0. The molecule has 2 amide bonds. The number of likely N-dealkylation sites (tertiary alicyclic amines) is 1. The Bertz CT molecular complexity index is 884. The van der Waals surface area contributed by atoms with E-state index in [4.69, 9.17) is 4.74 Å². The van der Waals surface area contributed by atoms with Crippen LogP contribution in [0.2, 0.25) is 0 Å². The number of benzene rings is 1. The molecule has 0 spiro atoms. The zero-order chi connectivity index (χ0) is 19.0. The van der Waals surface area contributed by atoms with Gasteiger partial charge in [-0.05, 0) is 17.7 Å². The monoisotopic (exact) mass is 377 g/mol. The highest BCUT2D eigenvalue weighted by Gasteiger charge is 2.39. The van der Waals surface area contributed by atoms with Crippen LogP contribution in [0.3, 0.4) is 0 Å². The van der Waals surface area contributed by atoms with Gasteiger partial charge >= 0.3 is 6.03 Å². The number of hydrogen-bond acceptors (Lipinski definition) is 5. The summed E-state index contributed by atoms with van der Waals surface area (Å²) in [6.45, 7) is 0.442. The summed E-state index contributed by atoms with van der Waals surface area (Å²) >= 11 is 0. The molecule has 1 aromatic carbocycles. The molecule has 140 valence electrons. The van der Waals surface area contributed by atoms with E-state index < -0.39 is 35.6 Å². The van der Waals surface area contributed by atoms with E-state index in [0.29, 0.717) is 12.0 Å². The van der Waals surface area contributed by atoms with Crippen molar-refractivity contribution in [1.82, 2.24) is 19.9 Å². The van der Waals surface area contributed by atoms with Gasteiger partial charge in [0.1, 0.15) is 24.1 Å². The molecule has 0 aliphatic carbocycles. The third-order valence-electron chi connectivity index (χ3n) is 4.33. The second kappa shape index (κ2) is 6.86. The summed E-state index contributed by atoms with van der Waals surface area (Å²) in [6.07, 6.45) is 3.63. The predicted molar refractivity (Wildman–Crippen MR) is 87.4 cm³/mol. The molecule has 7 nitrogen and oxygen atoms in total. The van der Waals surface area contributed by atoms with Crippen LogP contribution in [0.4, 0.5) is 18.0 Å². The van der Waals surface area contributed by atoms with E-state index in [9.17, 15) is 18.0 Å². The number of hydrazone groups is 1. The number of amides is 2. The summed E-state index contributed by atoms with van der Waals surface area (Å²) in [4.78, 5) is 21.3. The van der Waals surface area contributed by atoms with Crippen molar-refractivity contribution in [3.63, 3.8) is 0 Å². The zero-order valence-electron chi connectivity index (χ0n) is 13.9. The molecule has 4 rings (SSSR count). The van der Waals surface area contributed by atoms with Gasteiger partial charge in [0.2, 0.25) is 5.82 Å². The maximum atomic E-state index is 13.5. The molecule has 2 aromatic rings. The minimum Gasteiger partial charge on any atom is -0.468 e. The molecule has 2 aliphatic rings. The molecule has 3 heterocycles. The van der Waals surface area contributed by atoms with Crippen LogP contribution in [0.1, 0.15) is 18.0 Å². The number of nitrogens with zero attached hydrogens (tertiary/aromatic N) is 5. The van der Waals surface area contributed by atoms with Gasteiger partial charge in [-0.1, -0.05) is 0 Å². The van der Waals surface area contributed by atoms with Crippen molar-refractivity contribution >= 4 is 12.2 Å². The fourth-order valence-electron chi connectivity index (χ4n) is 3.00. The standard InChI is InChI=1S/C17H14F3N5O2/c18-11-3-10(4-12(19)5-11)15-1-2-23-25(15)17(26)24-7-13(8-24)27-16-14(20)6-21-9-22-16/h2-6,9,13,15H,1,7-8H2/t15-/m0/s1. The highest BCUT2D eigenvalue weighted by Crippen LogP contribution is 2.31. The lowest BCUT2D eigenvalue weighted by atomic mass is 10.0. The number of halogens is 3. The maximum absolute atomic E-state index is 13.5. The number of carbonyl (C=O) groups is 1. The van der Waals surface area contributed by atoms with Gasteiger partial charge in [0, 0.05) is 18.7 Å². The molecule has 0 bridgehead atoms. The maximum Gasteiger partial charge on any atom is 0.341 e. The van der Waals surface area contributed by atoms with Crippen LogP contribution in [0.25, 0.3) is 0 Å². The molecule has 1 atom stereocenters. The quantitative estimate of drug-likeness (QED) is 0.824. The zero-order valence-corrected chi connectivity index (χ0v) is 13.9. The summed E-state index contributed by atoms with van der Waals surface area (Å²) in [5, 5.41) is 5.22. The molecule has 1 fully saturated rings. The average molecular weight is 377 g/mol. The molecule has 27 heavy (non-hydrogen) atoms. The summed E-state index contributed by atoms with van der Waals surface area (Å²) in [5.74, 6) is -2.28. The minimum atomic E-state index is -0.714. The molecule has 1 aromatic heterocycles. The van der Waals surface area contributed by atoms with Gasteiger partial charge in [-0.3, -0.25) is 0 Å². The summed E-state index contributed by atoms with van der Waals surface area (Å²) in [6, 6.07) is 2.14. The van der Waals surface area contributed by atoms with Crippen LogP contribution < -0.4 is 4.74 Å². The smallest absolute Gasteiger partial charge is 0.341 e. The molecule has 10 heteroatoms. The van der Waals surface area contributed by atoms with Crippen molar-refractivity contribution in [1.29, 1.82) is 0 Å². The summed E-state index contributed by atoms with van der Waals surface area (Å²) < 4.78 is 45.9. The second-order valence-corrected chi connectivity index (χ2v) is 6.20. The largest absolute Gasteiger partial charge is 0.468 e. The SMILES string of the molecule is O=C(N1CC(Oc2ncncc2F)C1)N1N=CC[C@H]1c1cc(F)cc(F)c1. The fourth-order valence-corrected chi connectivity index (χ4v) is 3.00. The molecule has 1 saturated heterocycles. The van der Waals surface area contributed by atoms with Crippen molar-refractivity contribution in [2.45, 2.75) is 18.6 Å². The van der Waals surface area contributed by atoms with Gasteiger partial charge in [0.05, 0.1) is 25.3 Å². The van der Waals surface area contributed by atoms with Gasteiger partial charge in [-0.25, -0.2) is 23.6 Å². The first-order chi connectivity index (χ1) is 13.0. The molecular weight excluding hydrogens is 363 g/mol. The van der Waals surface area contributed by atoms with Crippen molar-refractivity contribution in [3.8, 4) is 5.88 Å².